The maximum atomic E-state index is 13.8. The second kappa shape index (κ2) is 7.12. The van der Waals surface area contributed by atoms with Crippen LogP contribution in [0.3, 0.4) is 0 Å². The lowest BCUT2D eigenvalue weighted by Gasteiger charge is -2.08. The van der Waals surface area contributed by atoms with Crippen LogP contribution in [0.5, 0.6) is 5.88 Å². The predicted molar refractivity (Wildman–Crippen MR) is 82.2 cm³/mol. The fourth-order valence-electron chi connectivity index (χ4n) is 2.14. The Hall–Kier alpha value is -2.90. The molecule has 0 bridgehead atoms. The van der Waals surface area contributed by atoms with Crippen molar-refractivity contribution >= 4 is 17.1 Å². The number of ether oxygens (including phenoxy) is 1. The van der Waals surface area contributed by atoms with E-state index < -0.39 is 11.6 Å². The Bertz CT molecular complexity index is 865. The van der Waals surface area contributed by atoms with Crippen molar-refractivity contribution in [3.05, 3.63) is 41.3 Å². The number of aromatic nitrogens is 4. The van der Waals surface area contributed by atoms with Crippen molar-refractivity contribution < 1.29 is 18.6 Å². The zero-order valence-electron chi connectivity index (χ0n) is 13.0. The molecule has 3 aromatic rings. The first kappa shape index (κ1) is 16.0. The Morgan fingerprint density at radius 1 is 1.21 bits per heavy atom. The Kier molecular flexibility index (Phi) is 4.74. The largest absolute Gasteiger partial charge is 0.476 e. The first-order valence-electron chi connectivity index (χ1n) is 7.58. The van der Waals surface area contributed by atoms with E-state index in [9.17, 15) is 9.18 Å². The normalized spacial score (nSPS) is 10.9. The summed E-state index contributed by atoms with van der Waals surface area (Å²) in [5.74, 6) is -0.803. The maximum Gasteiger partial charge on any atom is 0.246 e. The average Bonchev–Trinajstić information content (AvgIpc) is 3.02. The molecule has 0 aliphatic rings. The minimum absolute atomic E-state index is 0.00261. The highest BCUT2D eigenvalue weighted by atomic mass is 19.1. The molecule has 0 saturated heterocycles. The second-order valence-corrected chi connectivity index (χ2v) is 5.17. The molecule has 24 heavy (non-hydrogen) atoms. The zero-order chi connectivity index (χ0) is 16.9. The number of ketones is 1. The van der Waals surface area contributed by atoms with E-state index in [1.54, 1.807) is 6.07 Å². The molecule has 3 rings (SSSR count). The third kappa shape index (κ3) is 3.37. The van der Waals surface area contributed by atoms with Gasteiger partial charge >= 0.3 is 0 Å². The number of Topliss-reactive ketones (excluding diaryl/α,β-unsaturated/α-hetero) is 1. The molecule has 124 valence electrons. The Morgan fingerprint density at radius 3 is 2.71 bits per heavy atom. The number of carbonyl (C=O) groups is 1. The predicted octanol–water partition coefficient (Wildman–Crippen LogP) is 2.76. The summed E-state index contributed by atoms with van der Waals surface area (Å²) in [5.41, 5.74) is 0.650. The number of halogens is 1. The van der Waals surface area contributed by atoms with Gasteiger partial charge < -0.3 is 4.74 Å². The maximum absolute atomic E-state index is 13.8. The fraction of sp³-hybridized carbons (Fsp3) is 0.312. The summed E-state index contributed by atoms with van der Waals surface area (Å²) in [7, 11) is 0. The molecular weight excluding hydrogens is 315 g/mol. The van der Waals surface area contributed by atoms with Gasteiger partial charge in [0.15, 0.2) is 5.78 Å². The molecular formula is C16H15FN4O3. The lowest BCUT2D eigenvalue weighted by molar-refractivity contribution is 0.0986. The van der Waals surface area contributed by atoms with Crippen LogP contribution in [0.2, 0.25) is 0 Å². The molecule has 0 amide bonds. The van der Waals surface area contributed by atoms with Crippen LogP contribution in [0.4, 0.5) is 4.39 Å². The summed E-state index contributed by atoms with van der Waals surface area (Å²) < 4.78 is 23.9. The SMILES string of the molecule is CCCCOc1nc2nonc2nc1CC(=O)c1ccccc1F. The molecule has 2 aromatic heterocycles. The average molecular weight is 330 g/mol. The topological polar surface area (TPSA) is 91.0 Å². The summed E-state index contributed by atoms with van der Waals surface area (Å²) >= 11 is 0. The minimum atomic E-state index is -0.576. The Morgan fingerprint density at radius 2 is 1.96 bits per heavy atom. The van der Waals surface area contributed by atoms with Gasteiger partial charge in [0.1, 0.15) is 11.5 Å². The number of fused-ring (bicyclic) bond motifs is 1. The van der Waals surface area contributed by atoms with Crippen LogP contribution in [-0.2, 0) is 6.42 Å². The highest BCUT2D eigenvalue weighted by molar-refractivity contribution is 5.97. The highest BCUT2D eigenvalue weighted by Crippen LogP contribution is 2.20. The standard InChI is InChI=1S/C16H15FN4O3/c1-2-3-8-23-16-12(18-14-15(19-16)21-24-20-14)9-13(22)10-6-4-5-7-11(10)17/h4-7H,2-3,8-9H2,1H3. The van der Waals surface area contributed by atoms with Crippen LogP contribution in [0.15, 0.2) is 28.9 Å². The van der Waals surface area contributed by atoms with E-state index >= 15 is 0 Å². The van der Waals surface area contributed by atoms with E-state index in [-0.39, 0.29) is 34.9 Å². The van der Waals surface area contributed by atoms with Crippen LogP contribution < -0.4 is 4.74 Å². The molecule has 0 aliphatic heterocycles. The van der Waals surface area contributed by atoms with Gasteiger partial charge in [0.25, 0.3) is 0 Å². The summed E-state index contributed by atoms with van der Waals surface area (Å²) in [6.07, 6.45) is 1.63. The van der Waals surface area contributed by atoms with Crippen LogP contribution >= 0.6 is 0 Å². The van der Waals surface area contributed by atoms with Gasteiger partial charge in [0.05, 0.1) is 18.6 Å². The number of nitrogens with zero attached hydrogens (tertiary/aromatic N) is 4. The molecule has 0 radical (unpaired) electrons. The highest BCUT2D eigenvalue weighted by Gasteiger charge is 2.19. The number of hydrogen-bond acceptors (Lipinski definition) is 7. The number of rotatable bonds is 7. The summed E-state index contributed by atoms with van der Waals surface area (Å²) in [5, 5.41) is 7.23. The molecule has 0 spiro atoms. The molecule has 0 saturated carbocycles. The number of carbonyl (C=O) groups excluding carboxylic acids is 1. The quantitative estimate of drug-likeness (QED) is 0.486. The van der Waals surface area contributed by atoms with Crippen molar-refractivity contribution in [1.29, 1.82) is 0 Å². The van der Waals surface area contributed by atoms with E-state index in [1.807, 2.05) is 6.92 Å². The van der Waals surface area contributed by atoms with Gasteiger partial charge in [0, 0.05) is 0 Å². The van der Waals surface area contributed by atoms with Gasteiger partial charge in [-0.15, -0.1) is 0 Å². The van der Waals surface area contributed by atoms with Crippen molar-refractivity contribution in [3.63, 3.8) is 0 Å². The van der Waals surface area contributed by atoms with Gasteiger partial charge in [-0.05, 0) is 28.9 Å². The van der Waals surface area contributed by atoms with Gasteiger partial charge in [-0.1, -0.05) is 25.5 Å². The third-order valence-electron chi connectivity index (χ3n) is 3.39. The van der Waals surface area contributed by atoms with Crippen LogP contribution in [0.1, 0.15) is 35.8 Å². The van der Waals surface area contributed by atoms with Gasteiger partial charge in [-0.2, -0.15) is 4.98 Å². The molecule has 1 aromatic carbocycles. The summed E-state index contributed by atoms with van der Waals surface area (Å²) in [6, 6.07) is 5.80. The second-order valence-electron chi connectivity index (χ2n) is 5.17. The van der Waals surface area contributed by atoms with Gasteiger partial charge in [-0.25, -0.2) is 14.0 Å². The minimum Gasteiger partial charge on any atom is -0.476 e. The van der Waals surface area contributed by atoms with Crippen molar-refractivity contribution in [2.45, 2.75) is 26.2 Å². The van der Waals surface area contributed by atoms with E-state index in [1.165, 1.54) is 18.2 Å². The smallest absolute Gasteiger partial charge is 0.246 e. The number of unbranched alkanes of at least 4 members (excludes halogenated alkanes) is 1. The third-order valence-corrected chi connectivity index (χ3v) is 3.39. The fourth-order valence-corrected chi connectivity index (χ4v) is 2.14. The Labute approximate surface area is 136 Å². The molecule has 2 heterocycles. The molecule has 0 N–H and O–H groups in total. The van der Waals surface area contributed by atoms with Crippen molar-refractivity contribution in [3.8, 4) is 5.88 Å². The van der Waals surface area contributed by atoms with Crippen molar-refractivity contribution in [1.82, 2.24) is 20.3 Å². The lowest BCUT2D eigenvalue weighted by atomic mass is 10.1. The summed E-state index contributed by atoms with van der Waals surface area (Å²) in [6.45, 7) is 2.46. The Balaban J connectivity index is 1.90. The first-order valence-corrected chi connectivity index (χ1v) is 7.58. The zero-order valence-corrected chi connectivity index (χ0v) is 13.0. The van der Waals surface area contributed by atoms with Crippen LogP contribution in [0.25, 0.3) is 11.3 Å². The van der Waals surface area contributed by atoms with E-state index in [0.717, 1.165) is 12.8 Å². The van der Waals surface area contributed by atoms with Gasteiger partial charge in [0.2, 0.25) is 17.2 Å². The van der Waals surface area contributed by atoms with Crippen molar-refractivity contribution in [2.24, 2.45) is 0 Å². The van der Waals surface area contributed by atoms with E-state index in [2.05, 4.69) is 24.9 Å². The lowest BCUT2D eigenvalue weighted by Crippen LogP contribution is -2.11. The van der Waals surface area contributed by atoms with E-state index in [4.69, 9.17) is 4.74 Å². The molecule has 0 atom stereocenters. The number of benzene rings is 1. The molecule has 0 unspecified atom stereocenters. The monoisotopic (exact) mass is 330 g/mol. The molecule has 8 heteroatoms. The van der Waals surface area contributed by atoms with Crippen LogP contribution in [-0.4, -0.2) is 32.7 Å². The molecule has 0 fully saturated rings. The summed E-state index contributed by atoms with van der Waals surface area (Å²) in [4.78, 5) is 20.8. The first-order chi connectivity index (χ1) is 11.7. The van der Waals surface area contributed by atoms with Gasteiger partial charge in [-0.3, -0.25) is 4.79 Å². The molecule has 0 aliphatic carbocycles. The molecule has 7 nitrogen and oxygen atoms in total. The van der Waals surface area contributed by atoms with Crippen molar-refractivity contribution in [2.75, 3.05) is 6.61 Å². The van der Waals surface area contributed by atoms with E-state index in [0.29, 0.717) is 6.61 Å². The van der Waals surface area contributed by atoms with Crippen LogP contribution in [0, 0.1) is 5.82 Å². The number of hydrogen-bond donors (Lipinski definition) is 0.